The molecule has 6 heteroatoms. The largest absolute Gasteiger partial charge is 0.465 e. The minimum atomic E-state index is -0.747. The summed E-state index contributed by atoms with van der Waals surface area (Å²) in [5.74, 6) is -1.53. The van der Waals surface area contributed by atoms with Crippen LogP contribution in [0.2, 0.25) is 0 Å². The fourth-order valence-corrected chi connectivity index (χ4v) is 1.56. The van der Waals surface area contributed by atoms with Crippen LogP contribution in [0.1, 0.15) is 46.0 Å². The quantitative estimate of drug-likeness (QED) is 0.294. The first kappa shape index (κ1) is 20.3. The highest BCUT2D eigenvalue weighted by Crippen LogP contribution is 2.05. The zero-order valence-electron chi connectivity index (χ0n) is 13.5. The number of carbonyl (C=O) groups is 3. The standard InChI is InChI=1S/C16H26O6/c1-4-20-9-7-5-6-8-10-21-15(18)11-13(2)16(19)22-12-14(3)17/h2,4-12H2,1,3H3. The molecule has 0 saturated heterocycles. The first-order valence-electron chi connectivity index (χ1n) is 7.55. The van der Waals surface area contributed by atoms with Gasteiger partial charge in [0.2, 0.25) is 0 Å². The van der Waals surface area contributed by atoms with Crippen molar-refractivity contribution in [2.45, 2.75) is 46.0 Å². The number of ketones is 1. The zero-order valence-corrected chi connectivity index (χ0v) is 13.5. The van der Waals surface area contributed by atoms with E-state index in [4.69, 9.17) is 9.47 Å². The summed E-state index contributed by atoms with van der Waals surface area (Å²) >= 11 is 0. The SMILES string of the molecule is C=C(CC(=O)OCCCCCCOCC)C(=O)OCC(C)=O. The predicted molar refractivity (Wildman–Crippen MR) is 81.3 cm³/mol. The van der Waals surface area contributed by atoms with Gasteiger partial charge in [0.25, 0.3) is 0 Å². The van der Waals surface area contributed by atoms with Gasteiger partial charge in [-0.2, -0.15) is 0 Å². The number of carbonyl (C=O) groups excluding carboxylic acids is 3. The highest BCUT2D eigenvalue weighted by atomic mass is 16.5. The van der Waals surface area contributed by atoms with Crippen molar-refractivity contribution in [3.63, 3.8) is 0 Å². The molecule has 126 valence electrons. The van der Waals surface area contributed by atoms with Crippen molar-refractivity contribution in [1.29, 1.82) is 0 Å². The van der Waals surface area contributed by atoms with Gasteiger partial charge in [0.05, 0.1) is 13.0 Å². The highest BCUT2D eigenvalue weighted by Gasteiger charge is 2.14. The molecule has 0 spiro atoms. The Morgan fingerprint density at radius 2 is 1.59 bits per heavy atom. The summed E-state index contributed by atoms with van der Waals surface area (Å²) in [5.41, 5.74) is -0.0111. The van der Waals surface area contributed by atoms with Gasteiger partial charge in [0.15, 0.2) is 5.78 Å². The Bertz CT molecular complexity index is 375. The molecule has 0 aromatic heterocycles. The summed E-state index contributed by atoms with van der Waals surface area (Å²) < 4.78 is 14.9. The van der Waals surface area contributed by atoms with E-state index in [0.29, 0.717) is 6.61 Å². The van der Waals surface area contributed by atoms with E-state index in [1.807, 2.05) is 6.92 Å². The normalized spacial score (nSPS) is 10.1. The van der Waals surface area contributed by atoms with Gasteiger partial charge in [-0.15, -0.1) is 0 Å². The van der Waals surface area contributed by atoms with Crippen LogP contribution in [0.4, 0.5) is 0 Å². The Morgan fingerprint density at radius 3 is 2.18 bits per heavy atom. The maximum atomic E-state index is 11.5. The van der Waals surface area contributed by atoms with Crippen LogP contribution in [0.15, 0.2) is 12.2 Å². The van der Waals surface area contributed by atoms with Crippen LogP contribution in [-0.2, 0) is 28.6 Å². The van der Waals surface area contributed by atoms with E-state index in [9.17, 15) is 14.4 Å². The van der Waals surface area contributed by atoms with Gasteiger partial charge in [-0.3, -0.25) is 9.59 Å². The molecule has 0 rings (SSSR count). The third-order valence-corrected chi connectivity index (χ3v) is 2.70. The van der Waals surface area contributed by atoms with Crippen LogP contribution in [0.3, 0.4) is 0 Å². The molecule has 0 heterocycles. The summed E-state index contributed by atoms with van der Waals surface area (Å²) in [5, 5.41) is 0. The minimum Gasteiger partial charge on any atom is -0.465 e. The molecule has 0 aromatic rings. The number of esters is 2. The van der Waals surface area contributed by atoms with Gasteiger partial charge >= 0.3 is 11.9 Å². The third-order valence-electron chi connectivity index (χ3n) is 2.70. The zero-order chi connectivity index (χ0) is 16.8. The van der Waals surface area contributed by atoms with E-state index >= 15 is 0 Å². The molecule has 0 aromatic carbocycles. The molecule has 0 radical (unpaired) electrons. The Hall–Kier alpha value is -1.69. The second-order valence-corrected chi connectivity index (χ2v) is 4.89. The Labute approximate surface area is 131 Å². The molecule has 0 amide bonds. The summed E-state index contributed by atoms with van der Waals surface area (Å²) in [4.78, 5) is 33.6. The summed E-state index contributed by atoms with van der Waals surface area (Å²) in [7, 11) is 0. The summed E-state index contributed by atoms with van der Waals surface area (Å²) in [6.07, 6.45) is 3.55. The summed E-state index contributed by atoms with van der Waals surface area (Å²) in [6, 6.07) is 0. The molecule has 22 heavy (non-hydrogen) atoms. The van der Waals surface area contributed by atoms with Gasteiger partial charge in [0.1, 0.15) is 6.61 Å². The van der Waals surface area contributed by atoms with Crippen molar-refractivity contribution >= 4 is 17.7 Å². The van der Waals surface area contributed by atoms with E-state index in [-0.39, 0.29) is 24.4 Å². The van der Waals surface area contributed by atoms with Crippen LogP contribution in [0.5, 0.6) is 0 Å². The van der Waals surface area contributed by atoms with Crippen LogP contribution in [0, 0.1) is 0 Å². The monoisotopic (exact) mass is 314 g/mol. The Kier molecular flexibility index (Phi) is 12.0. The molecule has 0 saturated carbocycles. The molecule has 0 N–H and O–H groups in total. The van der Waals surface area contributed by atoms with Crippen LogP contribution in [0.25, 0.3) is 0 Å². The number of Topliss-reactive ketones (excluding diaryl/α,β-unsaturated/α-hetero) is 1. The second-order valence-electron chi connectivity index (χ2n) is 4.89. The van der Waals surface area contributed by atoms with Gasteiger partial charge in [-0.05, 0) is 33.1 Å². The fraction of sp³-hybridized carbons (Fsp3) is 0.688. The van der Waals surface area contributed by atoms with Gasteiger partial charge < -0.3 is 14.2 Å². The number of hydrogen-bond acceptors (Lipinski definition) is 6. The van der Waals surface area contributed by atoms with E-state index < -0.39 is 11.9 Å². The number of hydrogen-bond donors (Lipinski definition) is 0. The maximum absolute atomic E-state index is 11.5. The molecule has 0 atom stereocenters. The average molecular weight is 314 g/mol. The van der Waals surface area contributed by atoms with E-state index in [2.05, 4.69) is 11.3 Å². The topological polar surface area (TPSA) is 78.9 Å². The van der Waals surface area contributed by atoms with Crippen LogP contribution >= 0.6 is 0 Å². The third kappa shape index (κ3) is 12.1. The van der Waals surface area contributed by atoms with Crippen LogP contribution < -0.4 is 0 Å². The number of ether oxygens (including phenoxy) is 3. The number of unbranched alkanes of at least 4 members (excludes halogenated alkanes) is 3. The van der Waals surface area contributed by atoms with E-state index in [1.165, 1.54) is 6.92 Å². The molecular weight excluding hydrogens is 288 g/mol. The Balaban J connectivity index is 3.62. The van der Waals surface area contributed by atoms with Crippen molar-refractivity contribution in [3.05, 3.63) is 12.2 Å². The lowest BCUT2D eigenvalue weighted by atomic mass is 10.2. The van der Waals surface area contributed by atoms with Gasteiger partial charge in [0, 0.05) is 18.8 Å². The van der Waals surface area contributed by atoms with E-state index in [0.717, 1.165) is 38.9 Å². The maximum Gasteiger partial charge on any atom is 0.334 e. The smallest absolute Gasteiger partial charge is 0.334 e. The molecule has 0 fully saturated rings. The number of rotatable bonds is 13. The average Bonchev–Trinajstić information content (AvgIpc) is 2.47. The lowest BCUT2D eigenvalue weighted by molar-refractivity contribution is -0.147. The Morgan fingerprint density at radius 1 is 0.955 bits per heavy atom. The van der Waals surface area contributed by atoms with Gasteiger partial charge in [-0.1, -0.05) is 13.0 Å². The van der Waals surface area contributed by atoms with Crippen molar-refractivity contribution in [2.24, 2.45) is 0 Å². The molecule has 0 aliphatic carbocycles. The van der Waals surface area contributed by atoms with Crippen molar-refractivity contribution < 1.29 is 28.6 Å². The fourth-order valence-electron chi connectivity index (χ4n) is 1.56. The first-order chi connectivity index (χ1) is 10.5. The molecule has 6 nitrogen and oxygen atoms in total. The molecule has 0 aliphatic heterocycles. The van der Waals surface area contributed by atoms with Crippen LogP contribution in [-0.4, -0.2) is 44.1 Å². The van der Waals surface area contributed by atoms with E-state index in [1.54, 1.807) is 0 Å². The van der Waals surface area contributed by atoms with Crippen molar-refractivity contribution in [1.82, 2.24) is 0 Å². The molecule has 0 unspecified atom stereocenters. The van der Waals surface area contributed by atoms with Gasteiger partial charge in [-0.25, -0.2) is 4.79 Å². The molecular formula is C16H26O6. The summed E-state index contributed by atoms with van der Waals surface area (Å²) in [6.45, 7) is 8.23. The highest BCUT2D eigenvalue weighted by molar-refractivity contribution is 5.94. The minimum absolute atomic E-state index is 0.0111. The molecule has 0 aliphatic rings. The lowest BCUT2D eigenvalue weighted by Gasteiger charge is -2.07. The van der Waals surface area contributed by atoms with Crippen molar-refractivity contribution in [3.8, 4) is 0 Å². The first-order valence-corrected chi connectivity index (χ1v) is 7.55. The lowest BCUT2D eigenvalue weighted by Crippen LogP contribution is -2.16. The molecule has 0 bridgehead atoms. The predicted octanol–water partition coefficient (Wildman–Crippen LogP) is 2.21. The van der Waals surface area contributed by atoms with Crippen molar-refractivity contribution in [2.75, 3.05) is 26.4 Å². The second kappa shape index (κ2) is 13.0.